The number of sulfonamides is 1. The molecule has 2 aromatic heterocycles. The number of nitrogens with zero attached hydrogens (tertiary/aromatic N) is 2. The average molecular weight is 365 g/mol. The highest BCUT2D eigenvalue weighted by atomic mass is 35.5. The molecular weight excluding hydrogens is 352 g/mol. The van der Waals surface area contributed by atoms with Crippen LogP contribution in [0.2, 0.25) is 5.15 Å². The van der Waals surface area contributed by atoms with E-state index < -0.39 is 15.9 Å². The van der Waals surface area contributed by atoms with E-state index in [4.69, 9.17) is 11.6 Å². The number of rotatable bonds is 4. The van der Waals surface area contributed by atoms with Crippen LogP contribution < -0.4 is 10.0 Å². The van der Waals surface area contributed by atoms with Gasteiger partial charge in [0.1, 0.15) is 5.65 Å². The van der Waals surface area contributed by atoms with Crippen LogP contribution in [0, 0.1) is 0 Å². The van der Waals surface area contributed by atoms with E-state index in [9.17, 15) is 13.2 Å². The zero-order valence-corrected chi connectivity index (χ0v) is 14.1. The van der Waals surface area contributed by atoms with Crippen molar-refractivity contribution < 1.29 is 13.2 Å². The van der Waals surface area contributed by atoms with Crippen molar-refractivity contribution in [3.8, 4) is 0 Å². The third-order valence-corrected chi connectivity index (χ3v) is 4.02. The minimum Gasteiger partial charge on any atom is -0.321 e. The topological polar surface area (TPSA) is 92.6 Å². The number of halogens is 1. The lowest BCUT2D eigenvalue weighted by Gasteiger charge is -2.07. The molecule has 24 heavy (non-hydrogen) atoms. The summed E-state index contributed by atoms with van der Waals surface area (Å²) in [5.74, 6) is -0.414. The largest absolute Gasteiger partial charge is 0.321 e. The van der Waals surface area contributed by atoms with Crippen LogP contribution in [-0.2, 0) is 10.0 Å². The standard InChI is InChI=1S/C15H13ClN4O3S/c1-24(22,23)19-11-7-5-10(6-8-11)17-15(21)13-14(16)18-12-4-2-3-9-20(12)13/h2-9,19H,1H3,(H,17,21). The van der Waals surface area contributed by atoms with Crippen molar-refractivity contribution in [2.75, 3.05) is 16.3 Å². The Labute approximate surface area is 143 Å². The third-order valence-electron chi connectivity index (χ3n) is 3.15. The molecule has 0 bridgehead atoms. The maximum atomic E-state index is 12.5. The van der Waals surface area contributed by atoms with Gasteiger partial charge in [-0.15, -0.1) is 0 Å². The summed E-state index contributed by atoms with van der Waals surface area (Å²) in [5.41, 5.74) is 1.70. The number of benzene rings is 1. The number of anilines is 2. The lowest BCUT2D eigenvalue weighted by Crippen LogP contribution is -2.15. The Bertz CT molecular complexity index is 1010. The first-order valence-electron chi connectivity index (χ1n) is 6.85. The number of imidazole rings is 1. The summed E-state index contributed by atoms with van der Waals surface area (Å²) in [6.45, 7) is 0. The van der Waals surface area contributed by atoms with Crippen LogP contribution in [0.25, 0.3) is 5.65 Å². The normalized spacial score (nSPS) is 11.4. The van der Waals surface area contributed by atoms with E-state index in [0.29, 0.717) is 17.0 Å². The third kappa shape index (κ3) is 3.50. The highest BCUT2D eigenvalue weighted by molar-refractivity contribution is 7.92. The van der Waals surface area contributed by atoms with E-state index in [1.165, 1.54) is 0 Å². The van der Waals surface area contributed by atoms with Crippen molar-refractivity contribution in [1.82, 2.24) is 9.38 Å². The number of hydrogen-bond donors (Lipinski definition) is 2. The molecule has 0 aliphatic rings. The zero-order chi connectivity index (χ0) is 17.3. The Kier molecular flexibility index (Phi) is 4.16. The first-order chi connectivity index (χ1) is 11.3. The first kappa shape index (κ1) is 16.3. The molecule has 0 fully saturated rings. The molecule has 0 radical (unpaired) electrons. The highest BCUT2D eigenvalue weighted by Gasteiger charge is 2.17. The van der Waals surface area contributed by atoms with Crippen molar-refractivity contribution in [2.24, 2.45) is 0 Å². The smallest absolute Gasteiger partial charge is 0.275 e. The summed E-state index contributed by atoms with van der Waals surface area (Å²) in [6, 6.07) is 11.6. The van der Waals surface area contributed by atoms with Gasteiger partial charge in [0.2, 0.25) is 10.0 Å². The number of nitrogens with one attached hydrogen (secondary N) is 2. The SMILES string of the molecule is CS(=O)(=O)Nc1ccc(NC(=O)c2c(Cl)nc3ccccn23)cc1. The molecule has 0 spiro atoms. The molecule has 124 valence electrons. The molecule has 0 unspecified atom stereocenters. The summed E-state index contributed by atoms with van der Waals surface area (Å²) in [6.07, 6.45) is 2.76. The molecule has 1 amide bonds. The molecule has 0 aliphatic heterocycles. The molecule has 0 atom stereocenters. The summed E-state index contributed by atoms with van der Waals surface area (Å²) in [5, 5.41) is 2.81. The molecule has 9 heteroatoms. The van der Waals surface area contributed by atoms with Gasteiger partial charge in [0.15, 0.2) is 10.8 Å². The number of hydrogen-bond acceptors (Lipinski definition) is 4. The molecule has 3 rings (SSSR count). The molecular formula is C15H13ClN4O3S. The lowest BCUT2D eigenvalue weighted by molar-refractivity contribution is 0.102. The van der Waals surface area contributed by atoms with E-state index in [2.05, 4.69) is 15.0 Å². The Hall–Kier alpha value is -2.58. The van der Waals surface area contributed by atoms with Crippen molar-refractivity contribution >= 4 is 44.6 Å². The lowest BCUT2D eigenvalue weighted by atomic mass is 10.3. The number of aromatic nitrogens is 2. The number of fused-ring (bicyclic) bond motifs is 1. The van der Waals surface area contributed by atoms with Gasteiger partial charge in [-0.25, -0.2) is 13.4 Å². The van der Waals surface area contributed by atoms with Gasteiger partial charge in [-0.05, 0) is 36.4 Å². The molecule has 3 aromatic rings. The average Bonchev–Trinajstić information content (AvgIpc) is 2.83. The molecule has 0 saturated carbocycles. The Morgan fingerprint density at radius 3 is 2.46 bits per heavy atom. The molecule has 0 saturated heterocycles. The van der Waals surface area contributed by atoms with E-state index in [1.54, 1.807) is 53.1 Å². The number of carbonyl (C=O) groups excluding carboxylic acids is 1. The Morgan fingerprint density at radius 2 is 1.79 bits per heavy atom. The monoisotopic (exact) mass is 364 g/mol. The fourth-order valence-electron chi connectivity index (χ4n) is 2.20. The Morgan fingerprint density at radius 1 is 1.12 bits per heavy atom. The maximum absolute atomic E-state index is 12.5. The number of carbonyl (C=O) groups is 1. The maximum Gasteiger partial charge on any atom is 0.275 e. The van der Waals surface area contributed by atoms with Crippen LogP contribution in [0.1, 0.15) is 10.5 Å². The van der Waals surface area contributed by atoms with E-state index in [1.807, 2.05) is 0 Å². The second kappa shape index (κ2) is 6.14. The van der Waals surface area contributed by atoms with Crippen molar-refractivity contribution in [1.29, 1.82) is 0 Å². The van der Waals surface area contributed by atoms with E-state index in [-0.39, 0.29) is 10.8 Å². The molecule has 0 aliphatic carbocycles. The summed E-state index contributed by atoms with van der Waals surface area (Å²) < 4.78 is 26.3. The predicted octanol–water partition coefficient (Wildman–Crippen LogP) is 2.61. The summed E-state index contributed by atoms with van der Waals surface area (Å²) >= 11 is 6.06. The number of pyridine rings is 1. The minimum absolute atomic E-state index is 0.106. The van der Waals surface area contributed by atoms with Gasteiger partial charge >= 0.3 is 0 Å². The van der Waals surface area contributed by atoms with Crippen molar-refractivity contribution in [3.05, 3.63) is 59.5 Å². The second-order valence-corrected chi connectivity index (χ2v) is 7.19. The van der Waals surface area contributed by atoms with Gasteiger partial charge in [0, 0.05) is 17.6 Å². The zero-order valence-electron chi connectivity index (χ0n) is 12.5. The Balaban J connectivity index is 1.83. The van der Waals surface area contributed by atoms with Gasteiger partial charge in [0.25, 0.3) is 5.91 Å². The van der Waals surface area contributed by atoms with Crippen molar-refractivity contribution in [3.63, 3.8) is 0 Å². The first-order valence-corrected chi connectivity index (χ1v) is 9.12. The quantitative estimate of drug-likeness (QED) is 0.744. The fraction of sp³-hybridized carbons (Fsp3) is 0.0667. The number of amides is 1. The van der Waals surface area contributed by atoms with Gasteiger partial charge in [-0.2, -0.15) is 0 Å². The van der Waals surface area contributed by atoms with Gasteiger partial charge in [-0.1, -0.05) is 17.7 Å². The van der Waals surface area contributed by atoms with Gasteiger partial charge in [-0.3, -0.25) is 13.9 Å². The van der Waals surface area contributed by atoms with E-state index in [0.717, 1.165) is 6.26 Å². The van der Waals surface area contributed by atoms with Crippen LogP contribution in [0.3, 0.4) is 0 Å². The second-order valence-electron chi connectivity index (χ2n) is 5.09. The van der Waals surface area contributed by atoms with Crippen molar-refractivity contribution in [2.45, 2.75) is 0 Å². The van der Waals surface area contributed by atoms with Crippen LogP contribution in [-0.4, -0.2) is 30.0 Å². The summed E-state index contributed by atoms with van der Waals surface area (Å²) in [7, 11) is -3.34. The van der Waals surface area contributed by atoms with Gasteiger partial charge < -0.3 is 5.32 Å². The molecule has 2 heterocycles. The minimum atomic E-state index is -3.34. The molecule has 1 aromatic carbocycles. The fourth-order valence-corrected chi connectivity index (χ4v) is 3.02. The van der Waals surface area contributed by atoms with Crippen LogP contribution in [0.5, 0.6) is 0 Å². The highest BCUT2D eigenvalue weighted by Crippen LogP contribution is 2.20. The van der Waals surface area contributed by atoms with Crippen LogP contribution in [0.4, 0.5) is 11.4 Å². The van der Waals surface area contributed by atoms with E-state index >= 15 is 0 Å². The van der Waals surface area contributed by atoms with Crippen LogP contribution in [0.15, 0.2) is 48.7 Å². The van der Waals surface area contributed by atoms with Gasteiger partial charge in [0.05, 0.1) is 6.26 Å². The molecule has 7 nitrogen and oxygen atoms in total. The van der Waals surface area contributed by atoms with Crippen LogP contribution >= 0.6 is 11.6 Å². The predicted molar refractivity (Wildman–Crippen MR) is 93.1 cm³/mol. The molecule has 2 N–H and O–H groups in total. The summed E-state index contributed by atoms with van der Waals surface area (Å²) in [4.78, 5) is 16.6.